The molecule has 3 heterocycles. The third kappa shape index (κ3) is 3.83. The van der Waals surface area contributed by atoms with Gasteiger partial charge in [-0.2, -0.15) is 5.10 Å². The molecule has 4 aromatic rings. The molecule has 5 rings (SSSR count). The first-order chi connectivity index (χ1) is 16.3. The Kier molecular flexibility index (Phi) is 5.60. The highest BCUT2D eigenvalue weighted by atomic mass is 16.2. The summed E-state index contributed by atoms with van der Waals surface area (Å²) in [6.07, 6.45) is 1.73. The van der Waals surface area contributed by atoms with Crippen molar-refractivity contribution in [2.45, 2.75) is 34.6 Å². The van der Waals surface area contributed by atoms with Crippen LogP contribution in [0.5, 0.6) is 0 Å². The topological polar surface area (TPSA) is 53.7 Å². The molecule has 1 saturated heterocycles. The van der Waals surface area contributed by atoms with E-state index in [1.807, 2.05) is 23.3 Å². The fourth-order valence-electron chi connectivity index (χ4n) is 4.93. The lowest BCUT2D eigenvalue weighted by Gasteiger charge is -2.37. The number of carbonyl (C=O) groups is 1. The molecule has 2 aromatic heterocycles. The molecule has 2 aromatic carbocycles. The minimum Gasteiger partial charge on any atom is -0.368 e. The smallest absolute Gasteiger partial charge is 0.257 e. The maximum atomic E-state index is 13.5. The molecule has 0 unspecified atom stereocenters. The lowest BCUT2D eigenvalue weighted by Crippen LogP contribution is -2.49. The summed E-state index contributed by atoms with van der Waals surface area (Å²) in [4.78, 5) is 22.5. The number of aryl methyl sites for hydroxylation is 5. The molecule has 0 aliphatic carbocycles. The molecule has 0 bridgehead atoms. The highest BCUT2D eigenvalue weighted by Gasteiger charge is 2.26. The number of hydrogen-bond acceptors (Lipinski definition) is 4. The zero-order valence-corrected chi connectivity index (χ0v) is 20.6. The number of aromatic nitrogens is 3. The lowest BCUT2D eigenvalue weighted by atomic mass is 10.0. The van der Waals surface area contributed by atoms with Gasteiger partial charge >= 0.3 is 0 Å². The number of fused-ring (bicyclic) bond motifs is 1. The van der Waals surface area contributed by atoms with Crippen molar-refractivity contribution in [3.8, 4) is 11.1 Å². The van der Waals surface area contributed by atoms with Crippen molar-refractivity contribution in [3.05, 3.63) is 82.3 Å². The minimum atomic E-state index is 0.0257. The number of carbonyl (C=O) groups excluding carboxylic acids is 1. The molecular weight excluding hydrogens is 422 g/mol. The van der Waals surface area contributed by atoms with Crippen molar-refractivity contribution in [1.29, 1.82) is 0 Å². The largest absolute Gasteiger partial charge is 0.368 e. The van der Waals surface area contributed by atoms with Crippen molar-refractivity contribution < 1.29 is 4.79 Å². The van der Waals surface area contributed by atoms with Crippen LogP contribution < -0.4 is 4.90 Å². The number of anilines is 1. The first-order valence-corrected chi connectivity index (χ1v) is 11.9. The monoisotopic (exact) mass is 453 g/mol. The van der Waals surface area contributed by atoms with E-state index < -0.39 is 0 Å². The van der Waals surface area contributed by atoms with Crippen LogP contribution >= 0.6 is 0 Å². The van der Waals surface area contributed by atoms with Crippen LogP contribution in [0.25, 0.3) is 16.8 Å². The van der Waals surface area contributed by atoms with Gasteiger partial charge in [0.15, 0.2) is 5.65 Å². The molecular formula is C28H31N5O. The third-order valence-electron chi connectivity index (χ3n) is 6.87. The van der Waals surface area contributed by atoms with Crippen LogP contribution in [0, 0.1) is 34.6 Å². The van der Waals surface area contributed by atoms with Gasteiger partial charge in [0.25, 0.3) is 5.91 Å². The van der Waals surface area contributed by atoms with Gasteiger partial charge in [-0.1, -0.05) is 42.0 Å². The number of rotatable bonds is 3. The quantitative estimate of drug-likeness (QED) is 0.443. The summed E-state index contributed by atoms with van der Waals surface area (Å²) in [5.41, 5.74) is 10.3. The van der Waals surface area contributed by atoms with Crippen LogP contribution in [0.4, 0.5) is 5.69 Å². The van der Waals surface area contributed by atoms with Crippen molar-refractivity contribution in [1.82, 2.24) is 19.5 Å². The second-order valence-corrected chi connectivity index (χ2v) is 9.39. The number of piperazine rings is 1. The molecule has 174 valence electrons. The van der Waals surface area contributed by atoms with E-state index in [1.165, 1.54) is 22.4 Å². The Balaban J connectivity index is 1.40. The first kappa shape index (κ1) is 22.1. The zero-order valence-electron chi connectivity index (χ0n) is 20.6. The Hall–Kier alpha value is -3.67. The molecule has 1 amide bonds. The van der Waals surface area contributed by atoms with Gasteiger partial charge in [0.2, 0.25) is 0 Å². The van der Waals surface area contributed by atoms with Crippen LogP contribution in [0.2, 0.25) is 0 Å². The average Bonchev–Trinajstić information content (AvgIpc) is 3.17. The van der Waals surface area contributed by atoms with E-state index in [9.17, 15) is 4.79 Å². The van der Waals surface area contributed by atoms with Crippen LogP contribution in [0.15, 0.2) is 48.7 Å². The molecule has 34 heavy (non-hydrogen) atoms. The van der Waals surface area contributed by atoms with Gasteiger partial charge in [-0.25, -0.2) is 9.50 Å². The van der Waals surface area contributed by atoms with E-state index in [1.54, 1.807) is 6.20 Å². The molecule has 0 radical (unpaired) electrons. The second kappa shape index (κ2) is 8.60. The van der Waals surface area contributed by atoms with E-state index in [2.05, 4.69) is 68.1 Å². The van der Waals surface area contributed by atoms with E-state index in [-0.39, 0.29) is 5.91 Å². The summed E-state index contributed by atoms with van der Waals surface area (Å²) < 4.78 is 1.83. The van der Waals surface area contributed by atoms with E-state index in [0.717, 1.165) is 41.3 Å². The van der Waals surface area contributed by atoms with Crippen LogP contribution in [0.3, 0.4) is 0 Å². The molecule has 1 aliphatic heterocycles. The SMILES string of the molecule is Cc1cccc(-c2c(C)nn3c(C)c(C(=O)N4CCN(c5cc(C)ccc5C)CC4)cnc23)c1. The van der Waals surface area contributed by atoms with Gasteiger partial charge in [0.05, 0.1) is 17.0 Å². The fourth-order valence-corrected chi connectivity index (χ4v) is 4.93. The maximum Gasteiger partial charge on any atom is 0.257 e. The number of amides is 1. The molecule has 0 N–H and O–H groups in total. The highest BCUT2D eigenvalue weighted by molar-refractivity contribution is 5.96. The molecule has 0 saturated carbocycles. The first-order valence-electron chi connectivity index (χ1n) is 11.9. The molecule has 0 atom stereocenters. The number of benzene rings is 2. The summed E-state index contributed by atoms with van der Waals surface area (Å²) in [5.74, 6) is 0.0257. The summed E-state index contributed by atoms with van der Waals surface area (Å²) in [6.45, 7) is 13.3. The predicted octanol–water partition coefficient (Wildman–Crippen LogP) is 4.90. The van der Waals surface area contributed by atoms with Gasteiger partial charge in [-0.05, 0) is 57.4 Å². The van der Waals surface area contributed by atoms with E-state index in [4.69, 9.17) is 10.1 Å². The van der Waals surface area contributed by atoms with Crippen molar-refractivity contribution in [2.75, 3.05) is 31.1 Å². The van der Waals surface area contributed by atoms with Gasteiger partial charge in [0, 0.05) is 43.6 Å². The maximum absolute atomic E-state index is 13.5. The molecule has 1 aliphatic rings. The summed E-state index contributed by atoms with van der Waals surface area (Å²) in [7, 11) is 0. The minimum absolute atomic E-state index is 0.0257. The third-order valence-corrected chi connectivity index (χ3v) is 6.87. The lowest BCUT2D eigenvalue weighted by molar-refractivity contribution is 0.0745. The molecule has 6 nitrogen and oxygen atoms in total. The average molecular weight is 454 g/mol. The number of nitrogens with zero attached hydrogens (tertiary/aromatic N) is 5. The van der Waals surface area contributed by atoms with Crippen LogP contribution in [-0.2, 0) is 0 Å². The predicted molar refractivity (Wildman–Crippen MR) is 137 cm³/mol. The molecule has 6 heteroatoms. The standard InChI is InChI=1S/C28H31N5O/c1-18-7-6-8-23(15-18)26-21(4)30-33-22(5)24(17-29-27(26)33)28(34)32-13-11-31(12-14-32)25-16-19(2)9-10-20(25)3/h6-10,15-17H,11-14H2,1-5H3. The Morgan fingerprint density at radius 1 is 0.882 bits per heavy atom. The Morgan fingerprint density at radius 3 is 2.35 bits per heavy atom. The van der Waals surface area contributed by atoms with Crippen molar-refractivity contribution >= 4 is 17.2 Å². The Morgan fingerprint density at radius 2 is 1.62 bits per heavy atom. The molecule has 1 fully saturated rings. The second-order valence-electron chi connectivity index (χ2n) is 9.39. The van der Waals surface area contributed by atoms with E-state index >= 15 is 0 Å². The fraction of sp³-hybridized carbons (Fsp3) is 0.321. The number of hydrogen-bond donors (Lipinski definition) is 0. The van der Waals surface area contributed by atoms with Crippen molar-refractivity contribution in [2.24, 2.45) is 0 Å². The van der Waals surface area contributed by atoms with Crippen LogP contribution in [0.1, 0.15) is 38.4 Å². The van der Waals surface area contributed by atoms with Gasteiger partial charge < -0.3 is 9.80 Å². The van der Waals surface area contributed by atoms with E-state index in [0.29, 0.717) is 18.7 Å². The zero-order chi connectivity index (χ0) is 24.0. The summed E-state index contributed by atoms with van der Waals surface area (Å²) >= 11 is 0. The van der Waals surface area contributed by atoms with Crippen molar-refractivity contribution in [3.63, 3.8) is 0 Å². The molecule has 0 spiro atoms. The Labute approximate surface area is 200 Å². The van der Waals surface area contributed by atoms with Crippen LogP contribution in [-0.4, -0.2) is 51.6 Å². The summed E-state index contributed by atoms with van der Waals surface area (Å²) in [5, 5.41) is 4.75. The van der Waals surface area contributed by atoms with Gasteiger partial charge in [-0.3, -0.25) is 4.79 Å². The Bertz CT molecular complexity index is 1400. The van der Waals surface area contributed by atoms with Gasteiger partial charge in [0.1, 0.15) is 0 Å². The van der Waals surface area contributed by atoms with Gasteiger partial charge in [-0.15, -0.1) is 0 Å². The normalized spacial score (nSPS) is 14.1. The summed E-state index contributed by atoms with van der Waals surface area (Å²) in [6, 6.07) is 14.9. The highest BCUT2D eigenvalue weighted by Crippen LogP contribution is 2.29.